The molecule has 0 aliphatic rings. The monoisotopic (exact) mass is 423 g/mol. The van der Waals surface area contributed by atoms with Crippen LogP contribution >= 0.6 is 11.8 Å². The Balaban J connectivity index is 1.77. The van der Waals surface area contributed by atoms with Crippen LogP contribution in [-0.4, -0.2) is 38.6 Å². The number of rotatable bonds is 6. The lowest BCUT2D eigenvalue weighted by Gasteiger charge is -2.17. The lowest BCUT2D eigenvalue weighted by molar-refractivity contribution is 0.476. The van der Waals surface area contributed by atoms with Crippen LogP contribution < -0.4 is 16.2 Å². The van der Waals surface area contributed by atoms with Gasteiger partial charge >= 0.3 is 0 Å². The minimum absolute atomic E-state index is 0.129. The first-order valence-corrected chi connectivity index (χ1v) is 10.2. The molecule has 0 unspecified atom stereocenters. The number of aromatic nitrogens is 5. The van der Waals surface area contributed by atoms with Gasteiger partial charge in [-0.2, -0.15) is 15.0 Å². The molecule has 0 saturated carbocycles. The molecule has 1 aromatic carbocycles. The molecular weight excluding hydrogens is 402 g/mol. The molecule has 0 aliphatic carbocycles. The van der Waals surface area contributed by atoms with Crippen molar-refractivity contribution in [2.75, 3.05) is 24.7 Å². The van der Waals surface area contributed by atoms with E-state index in [9.17, 15) is 4.79 Å². The molecule has 10 heteroatoms. The number of benzene rings is 1. The summed E-state index contributed by atoms with van der Waals surface area (Å²) in [6.07, 6.45) is 1.58. The highest BCUT2D eigenvalue weighted by Gasteiger charge is 2.19. The molecule has 0 amide bonds. The molecule has 0 radical (unpaired) electrons. The Morgan fingerprint density at radius 2 is 1.93 bits per heavy atom. The fourth-order valence-corrected chi connectivity index (χ4v) is 3.88. The molecule has 4 aromatic rings. The number of nitrogens with zero attached hydrogens (tertiary/aromatic N) is 6. The van der Waals surface area contributed by atoms with E-state index >= 15 is 0 Å². The average molecular weight is 424 g/mol. The molecule has 4 rings (SSSR count). The largest absolute Gasteiger partial charge is 0.467 e. The van der Waals surface area contributed by atoms with Gasteiger partial charge in [0.25, 0.3) is 5.56 Å². The lowest BCUT2D eigenvalue weighted by Crippen LogP contribution is -2.24. The molecule has 0 saturated heterocycles. The Bertz CT molecular complexity index is 1240. The van der Waals surface area contributed by atoms with Gasteiger partial charge in [0.2, 0.25) is 11.9 Å². The summed E-state index contributed by atoms with van der Waals surface area (Å²) in [4.78, 5) is 32.6. The van der Waals surface area contributed by atoms with Gasteiger partial charge in [-0.15, -0.1) is 0 Å². The Morgan fingerprint density at radius 1 is 1.13 bits per heavy atom. The number of nitrogen functional groups attached to an aromatic ring is 1. The van der Waals surface area contributed by atoms with Crippen molar-refractivity contribution in [3.8, 4) is 0 Å². The zero-order valence-corrected chi connectivity index (χ0v) is 17.6. The predicted molar refractivity (Wildman–Crippen MR) is 117 cm³/mol. The molecule has 9 nitrogen and oxygen atoms in total. The molecular formula is C20H21N7O2S. The van der Waals surface area contributed by atoms with Crippen LogP contribution in [0.25, 0.3) is 10.9 Å². The fraction of sp³-hybridized carbons (Fsp3) is 0.250. The maximum Gasteiger partial charge on any atom is 0.262 e. The standard InChI is InChI=1S/C20H21N7O2S/c1-12(16-23-18(21)25-19(24-16)26(2)3)30-20-22-15-9-5-4-8-14(15)17(28)27(20)11-13-7-6-10-29-13/h4-10,12H,11H2,1-3H3,(H2,21,23,24,25)/t12-/m0/s1. The van der Waals surface area contributed by atoms with Crippen molar-refractivity contribution >= 4 is 34.6 Å². The number of nitrogens with two attached hydrogens (primary N) is 1. The van der Waals surface area contributed by atoms with Gasteiger partial charge in [0.15, 0.2) is 5.16 Å². The Kier molecular flexibility index (Phi) is 5.40. The number of thioether (sulfide) groups is 1. The molecule has 0 spiro atoms. The van der Waals surface area contributed by atoms with Gasteiger partial charge in [0, 0.05) is 14.1 Å². The van der Waals surface area contributed by atoms with Gasteiger partial charge < -0.3 is 15.1 Å². The highest BCUT2D eigenvalue weighted by atomic mass is 32.2. The maximum absolute atomic E-state index is 13.2. The highest BCUT2D eigenvalue weighted by Crippen LogP contribution is 2.33. The topological polar surface area (TPSA) is 116 Å². The smallest absolute Gasteiger partial charge is 0.262 e. The van der Waals surface area contributed by atoms with Crippen molar-refractivity contribution in [1.29, 1.82) is 0 Å². The summed E-state index contributed by atoms with van der Waals surface area (Å²) in [5, 5.41) is 0.887. The van der Waals surface area contributed by atoms with Crippen LogP contribution in [0, 0.1) is 0 Å². The van der Waals surface area contributed by atoms with E-state index in [-0.39, 0.29) is 23.3 Å². The number of hydrogen-bond acceptors (Lipinski definition) is 9. The van der Waals surface area contributed by atoms with Gasteiger partial charge in [-0.05, 0) is 31.2 Å². The summed E-state index contributed by atoms with van der Waals surface area (Å²) in [6.45, 7) is 2.22. The molecule has 154 valence electrons. The molecule has 2 N–H and O–H groups in total. The first-order chi connectivity index (χ1) is 14.4. The Labute approximate surface area is 177 Å². The van der Waals surface area contributed by atoms with Crippen LogP contribution in [0.2, 0.25) is 0 Å². The van der Waals surface area contributed by atoms with Gasteiger partial charge in [0.1, 0.15) is 11.6 Å². The van der Waals surface area contributed by atoms with Crippen molar-refractivity contribution in [3.63, 3.8) is 0 Å². The van der Waals surface area contributed by atoms with Crippen LogP contribution in [0.5, 0.6) is 0 Å². The second kappa shape index (κ2) is 8.15. The van der Waals surface area contributed by atoms with Crippen LogP contribution in [0.15, 0.2) is 57.0 Å². The van der Waals surface area contributed by atoms with Crippen LogP contribution in [0.3, 0.4) is 0 Å². The molecule has 30 heavy (non-hydrogen) atoms. The number of para-hydroxylation sites is 1. The molecule has 3 aromatic heterocycles. The lowest BCUT2D eigenvalue weighted by atomic mass is 10.2. The van der Waals surface area contributed by atoms with Crippen LogP contribution in [-0.2, 0) is 6.54 Å². The van der Waals surface area contributed by atoms with E-state index in [1.54, 1.807) is 27.9 Å². The molecule has 0 aliphatic heterocycles. The summed E-state index contributed by atoms with van der Waals surface area (Å²) in [5.41, 5.74) is 6.37. The summed E-state index contributed by atoms with van der Waals surface area (Å²) in [6, 6.07) is 10.9. The van der Waals surface area contributed by atoms with Crippen molar-refractivity contribution < 1.29 is 4.42 Å². The quantitative estimate of drug-likeness (QED) is 0.369. The maximum atomic E-state index is 13.2. The second-order valence-electron chi connectivity index (χ2n) is 6.89. The third kappa shape index (κ3) is 3.99. The van der Waals surface area contributed by atoms with Gasteiger partial charge in [-0.25, -0.2) is 4.98 Å². The SMILES string of the molecule is C[C@H](Sc1nc2ccccc2c(=O)n1Cc1ccco1)c1nc(N)nc(N(C)C)n1. The third-order valence-electron chi connectivity index (χ3n) is 4.42. The summed E-state index contributed by atoms with van der Waals surface area (Å²) >= 11 is 1.39. The molecule has 1 atom stereocenters. The van der Waals surface area contributed by atoms with Crippen molar-refractivity contribution in [2.24, 2.45) is 0 Å². The van der Waals surface area contributed by atoms with E-state index in [1.807, 2.05) is 45.3 Å². The Hall–Kier alpha value is -3.40. The van der Waals surface area contributed by atoms with Crippen molar-refractivity contribution in [1.82, 2.24) is 24.5 Å². The summed E-state index contributed by atoms with van der Waals surface area (Å²) in [5.74, 6) is 1.81. The van der Waals surface area contributed by atoms with E-state index < -0.39 is 0 Å². The minimum Gasteiger partial charge on any atom is -0.467 e. The van der Waals surface area contributed by atoms with Crippen LogP contribution in [0.4, 0.5) is 11.9 Å². The van der Waals surface area contributed by atoms with E-state index in [4.69, 9.17) is 15.1 Å². The minimum atomic E-state index is -0.218. The predicted octanol–water partition coefficient (Wildman–Crippen LogP) is 2.72. The Morgan fingerprint density at radius 3 is 2.67 bits per heavy atom. The summed E-state index contributed by atoms with van der Waals surface area (Å²) < 4.78 is 7.07. The zero-order chi connectivity index (χ0) is 21.3. The van der Waals surface area contributed by atoms with Gasteiger partial charge in [0.05, 0.1) is 29.0 Å². The number of hydrogen-bond donors (Lipinski definition) is 1. The fourth-order valence-electron chi connectivity index (χ4n) is 2.93. The van der Waals surface area contributed by atoms with Crippen molar-refractivity contribution in [2.45, 2.75) is 23.9 Å². The average Bonchev–Trinajstić information content (AvgIpc) is 3.23. The van der Waals surface area contributed by atoms with E-state index in [0.29, 0.717) is 33.6 Å². The van der Waals surface area contributed by atoms with Gasteiger partial charge in [-0.1, -0.05) is 23.9 Å². The second-order valence-corrected chi connectivity index (χ2v) is 8.20. The van der Waals surface area contributed by atoms with Crippen LogP contribution in [0.1, 0.15) is 23.8 Å². The highest BCUT2D eigenvalue weighted by molar-refractivity contribution is 7.99. The number of furan rings is 1. The third-order valence-corrected chi connectivity index (χ3v) is 5.51. The van der Waals surface area contributed by atoms with E-state index in [0.717, 1.165) is 0 Å². The number of anilines is 2. The van der Waals surface area contributed by atoms with E-state index in [1.165, 1.54) is 11.8 Å². The number of fused-ring (bicyclic) bond motifs is 1. The first kappa shape index (κ1) is 19.9. The normalized spacial score (nSPS) is 12.2. The van der Waals surface area contributed by atoms with Crippen molar-refractivity contribution in [3.05, 3.63) is 64.6 Å². The van der Waals surface area contributed by atoms with Gasteiger partial charge in [-0.3, -0.25) is 9.36 Å². The zero-order valence-electron chi connectivity index (χ0n) is 16.8. The molecule has 0 bridgehead atoms. The molecule has 0 fully saturated rings. The first-order valence-electron chi connectivity index (χ1n) is 9.30. The summed E-state index contributed by atoms with van der Waals surface area (Å²) in [7, 11) is 3.67. The van der Waals surface area contributed by atoms with E-state index in [2.05, 4.69) is 15.0 Å². The molecule has 3 heterocycles.